The van der Waals surface area contributed by atoms with Gasteiger partial charge in [0.25, 0.3) is 0 Å². The van der Waals surface area contributed by atoms with Gasteiger partial charge in [-0.15, -0.1) is 0 Å². The minimum absolute atomic E-state index is 0.480. The van der Waals surface area contributed by atoms with Crippen LogP contribution in [0.15, 0.2) is 211 Å². The first kappa shape index (κ1) is 36.5. The van der Waals surface area contributed by atoms with Crippen molar-refractivity contribution in [1.29, 1.82) is 5.26 Å². The number of hydrogen-bond donors (Lipinski definition) is 0. The molecule has 0 bridgehead atoms. The van der Waals surface area contributed by atoms with Gasteiger partial charge in [-0.05, 0) is 83.9 Å². The van der Waals surface area contributed by atoms with E-state index in [0.29, 0.717) is 28.6 Å². The molecule has 7 heteroatoms. The molecule has 65 heavy (non-hydrogen) atoms. The predicted molar refractivity (Wildman–Crippen MR) is 262 cm³/mol. The SMILES string of the molecule is N#Cc1cc(-c2nc(-c3ccccc3)nc(-c3cccc(-c4ccccc4)c3)n2)ccc1-n1c2ccccc2c2cc3oc4ccc5c6ccccc6n(-c6ccccc6)c5c4c3cc21. The molecule has 4 aromatic heterocycles. The predicted octanol–water partition coefficient (Wildman–Crippen LogP) is 14.5. The maximum atomic E-state index is 11.0. The highest BCUT2D eigenvalue weighted by atomic mass is 16.3. The number of nitrogens with zero attached hydrogens (tertiary/aromatic N) is 6. The Labute approximate surface area is 372 Å². The Morgan fingerprint density at radius 3 is 1.69 bits per heavy atom. The van der Waals surface area contributed by atoms with Gasteiger partial charge in [-0.1, -0.05) is 133 Å². The normalized spacial score (nSPS) is 11.7. The van der Waals surface area contributed by atoms with Crippen LogP contribution in [0.25, 0.3) is 122 Å². The highest BCUT2D eigenvalue weighted by molar-refractivity contribution is 6.26. The fourth-order valence-electron chi connectivity index (χ4n) is 9.66. The molecule has 0 aliphatic rings. The molecule has 13 rings (SSSR count). The van der Waals surface area contributed by atoms with Crippen molar-refractivity contribution in [3.63, 3.8) is 0 Å². The number of benzene rings is 9. The lowest BCUT2D eigenvalue weighted by atomic mass is 10.0. The molecule has 0 atom stereocenters. The smallest absolute Gasteiger partial charge is 0.164 e. The summed E-state index contributed by atoms with van der Waals surface area (Å²) in [7, 11) is 0. The first-order valence-electron chi connectivity index (χ1n) is 21.6. The lowest BCUT2D eigenvalue weighted by Gasteiger charge is -2.13. The topological polar surface area (TPSA) is 85.5 Å². The maximum Gasteiger partial charge on any atom is 0.164 e. The fraction of sp³-hybridized carbons (Fsp3) is 0. The van der Waals surface area contributed by atoms with Crippen LogP contribution in [0.3, 0.4) is 0 Å². The Bertz CT molecular complexity index is 4070. The third-order valence-corrected chi connectivity index (χ3v) is 12.6. The van der Waals surface area contributed by atoms with Gasteiger partial charge in [0.1, 0.15) is 17.2 Å². The maximum absolute atomic E-state index is 11.0. The molecule has 0 unspecified atom stereocenters. The quantitative estimate of drug-likeness (QED) is 0.167. The molecule has 0 radical (unpaired) electrons. The molecule has 302 valence electrons. The van der Waals surface area contributed by atoms with Crippen LogP contribution >= 0.6 is 0 Å². The van der Waals surface area contributed by atoms with E-state index in [4.69, 9.17) is 19.4 Å². The highest BCUT2D eigenvalue weighted by Crippen LogP contribution is 2.44. The molecule has 0 saturated carbocycles. The minimum Gasteiger partial charge on any atom is -0.456 e. The van der Waals surface area contributed by atoms with Crippen LogP contribution < -0.4 is 0 Å². The molecular weight excluding hydrogens is 797 g/mol. The van der Waals surface area contributed by atoms with Crippen molar-refractivity contribution in [3.05, 3.63) is 212 Å². The average molecular weight is 831 g/mol. The monoisotopic (exact) mass is 830 g/mol. The lowest BCUT2D eigenvalue weighted by molar-refractivity contribution is 0.669. The Kier molecular flexibility index (Phi) is 8.14. The lowest BCUT2D eigenvalue weighted by Crippen LogP contribution is -2.02. The zero-order valence-electron chi connectivity index (χ0n) is 34.7. The van der Waals surface area contributed by atoms with Crippen LogP contribution in [0.2, 0.25) is 0 Å². The van der Waals surface area contributed by atoms with Crippen molar-refractivity contribution < 1.29 is 4.42 Å². The van der Waals surface area contributed by atoms with Gasteiger partial charge in [0, 0.05) is 49.3 Å². The zero-order valence-corrected chi connectivity index (χ0v) is 34.7. The summed E-state index contributed by atoms with van der Waals surface area (Å²) in [5.74, 6) is 1.58. The third kappa shape index (κ3) is 5.78. The molecule has 13 aromatic rings. The Balaban J connectivity index is 1.02. The van der Waals surface area contributed by atoms with Crippen molar-refractivity contribution in [2.24, 2.45) is 0 Å². The summed E-state index contributed by atoms with van der Waals surface area (Å²) in [6, 6.07) is 73.1. The molecule has 0 N–H and O–H groups in total. The number of nitriles is 1. The number of hydrogen-bond acceptors (Lipinski definition) is 5. The van der Waals surface area contributed by atoms with E-state index in [2.05, 4.69) is 130 Å². The van der Waals surface area contributed by atoms with Crippen LogP contribution in [0, 0.1) is 11.3 Å². The second-order valence-electron chi connectivity index (χ2n) is 16.3. The highest BCUT2D eigenvalue weighted by Gasteiger charge is 2.23. The van der Waals surface area contributed by atoms with Gasteiger partial charge >= 0.3 is 0 Å². The summed E-state index contributed by atoms with van der Waals surface area (Å²) in [5.41, 5.74) is 12.8. The summed E-state index contributed by atoms with van der Waals surface area (Å²) in [6.07, 6.45) is 0. The number of fused-ring (bicyclic) bond motifs is 10. The van der Waals surface area contributed by atoms with Crippen molar-refractivity contribution >= 4 is 65.6 Å². The van der Waals surface area contributed by atoms with Crippen molar-refractivity contribution in [2.75, 3.05) is 0 Å². The molecule has 9 aromatic carbocycles. The van der Waals surface area contributed by atoms with Crippen molar-refractivity contribution in [3.8, 4) is 62.7 Å². The van der Waals surface area contributed by atoms with Crippen molar-refractivity contribution in [2.45, 2.75) is 0 Å². The molecule has 0 amide bonds. The van der Waals surface area contributed by atoms with Crippen LogP contribution in [0.5, 0.6) is 0 Å². The second-order valence-corrected chi connectivity index (χ2v) is 16.3. The van der Waals surface area contributed by atoms with E-state index >= 15 is 0 Å². The first-order chi connectivity index (χ1) is 32.2. The third-order valence-electron chi connectivity index (χ3n) is 12.6. The molecule has 0 saturated heterocycles. The van der Waals surface area contributed by atoms with Crippen LogP contribution in [-0.2, 0) is 0 Å². The van der Waals surface area contributed by atoms with E-state index in [0.717, 1.165) is 93.8 Å². The molecule has 7 nitrogen and oxygen atoms in total. The van der Waals surface area contributed by atoms with E-state index < -0.39 is 0 Å². The van der Waals surface area contributed by atoms with Crippen LogP contribution in [-0.4, -0.2) is 24.1 Å². The van der Waals surface area contributed by atoms with Gasteiger partial charge in [-0.2, -0.15) is 5.26 Å². The molecule has 0 spiro atoms. The molecular formula is C58H34N6O. The van der Waals surface area contributed by atoms with Gasteiger partial charge in [0.05, 0.1) is 38.7 Å². The van der Waals surface area contributed by atoms with Gasteiger partial charge in [-0.3, -0.25) is 0 Å². The number of rotatable bonds is 6. The van der Waals surface area contributed by atoms with Crippen LogP contribution in [0.4, 0.5) is 0 Å². The molecule has 0 fully saturated rings. The summed E-state index contributed by atoms with van der Waals surface area (Å²) in [6.45, 7) is 0. The largest absolute Gasteiger partial charge is 0.456 e. The summed E-state index contributed by atoms with van der Waals surface area (Å²) < 4.78 is 11.3. The molecule has 0 aliphatic heterocycles. The van der Waals surface area contributed by atoms with E-state index in [9.17, 15) is 5.26 Å². The Morgan fingerprint density at radius 2 is 0.969 bits per heavy atom. The van der Waals surface area contributed by atoms with Gasteiger partial charge in [0.2, 0.25) is 0 Å². The number of aromatic nitrogens is 5. The Morgan fingerprint density at radius 1 is 0.385 bits per heavy atom. The van der Waals surface area contributed by atoms with E-state index in [1.807, 2.05) is 91.0 Å². The fourth-order valence-corrected chi connectivity index (χ4v) is 9.66. The average Bonchev–Trinajstić information content (AvgIpc) is 4.03. The molecule has 0 aliphatic carbocycles. The Hall–Kier alpha value is -9.12. The summed E-state index contributed by atoms with van der Waals surface area (Å²) in [4.78, 5) is 15.1. The van der Waals surface area contributed by atoms with Crippen molar-refractivity contribution in [1.82, 2.24) is 24.1 Å². The summed E-state index contributed by atoms with van der Waals surface area (Å²) in [5, 5.41) is 17.5. The van der Waals surface area contributed by atoms with Gasteiger partial charge < -0.3 is 13.6 Å². The van der Waals surface area contributed by atoms with E-state index in [-0.39, 0.29) is 0 Å². The summed E-state index contributed by atoms with van der Waals surface area (Å²) >= 11 is 0. The first-order valence-corrected chi connectivity index (χ1v) is 21.6. The van der Waals surface area contributed by atoms with E-state index in [1.165, 1.54) is 5.39 Å². The van der Waals surface area contributed by atoms with Gasteiger partial charge in [0.15, 0.2) is 17.5 Å². The second kappa shape index (κ2) is 14.5. The van der Waals surface area contributed by atoms with Crippen LogP contribution in [0.1, 0.15) is 5.56 Å². The van der Waals surface area contributed by atoms with E-state index in [1.54, 1.807) is 0 Å². The number of furan rings is 1. The minimum atomic E-state index is 0.480. The standard InChI is InChI=1S/C58H34N6O/c59-35-41-32-40(58-61-56(37-17-6-2-7-18-37)60-57(62-58)39-20-14-19-38(31-39)36-15-4-1-5-16-36)27-29-48(41)64-50-26-13-11-24-44(50)46-34-53-47(33-51(46)64)54-52(65-53)30-28-45-43-23-10-12-25-49(43)63(55(45)54)42-21-8-3-9-22-42/h1-34H. The zero-order chi connectivity index (χ0) is 43.0. The number of para-hydroxylation sites is 3. The van der Waals surface area contributed by atoms with Gasteiger partial charge in [-0.25, -0.2) is 15.0 Å². The molecule has 4 heterocycles.